The molecule has 3 heteroatoms. The van der Waals surface area contributed by atoms with Crippen LogP contribution in [0.15, 0.2) is 0 Å². The van der Waals surface area contributed by atoms with Gasteiger partial charge in [-0.2, -0.15) is 0 Å². The van der Waals surface area contributed by atoms with Gasteiger partial charge in [0.1, 0.15) is 6.17 Å². The highest BCUT2D eigenvalue weighted by atomic mass is 19.1. The molecule has 0 aliphatic carbocycles. The predicted molar refractivity (Wildman–Crippen MR) is 16.0 cm³/mol. The van der Waals surface area contributed by atoms with E-state index in [2.05, 4.69) is 4.74 Å². The molecule has 0 bridgehead atoms. The molecule has 0 amide bonds. The van der Waals surface area contributed by atoms with Gasteiger partial charge in [-0.1, -0.05) is 0 Å². The Morgan fingerprint density at radius 1 is 1.83 bits per heavy atom. The lowest BCUT2D eigenvalue weighted by Crippen LogP contribution is -1.69. The minimum absolute atomic E-state index is 0.0482. The third kappa shape index (κ3) is 2.96. The van der Waals surface area contributed by atoms with Gasteiger partial charge in [0.25, 0.3) is 0 Å². The Labute approximate surface area is 33.9 Å². The minimum atomic E-state index is 0.0482. The van der Waals surface area contributed by atoms with E-state index in [0.717, 1.165) is 6.17 Å². The van der Waals surface area contributed by atoms with Crippen molar-refractivity contribution < 1.29 is 13.9 Å². The smallest absolute Gasteiger partial charge is 0.307 e. The Morgan fingerprint density at radius 2 is 2.50 bits per heavy atom. The zero-order chi connectivity index (χ0) is 4.83. The molecule has 0 aliphatic rings. The van der Waals surface area contributed by atoms with E-state index in [4.69, 9.17) is 4.79 Å². The van der Waals surface area contributed by atoms with Gasteiger partial charge >= 0.3 is 6.47 Å². The van der Waals surface area contributed by atoms with Crippen LogP contribution < -0.4 is 0 Å². The Balaban J connectivity index is 3.00. The molecule has 0 aliphatic heterocycles. The van der Waals surface area contributed by atoms with Crippen LogP contribution in [0.4, 0.5) is 4.39 Å². The molecule has 2 nitrogen and oxygen atoms in total. The van der Waals surface area contributed by atoms with Crippen LogP contribution in [0.1, 0.15) is 0 Å². The Bertz CT molecular complexity index is 88.7. The SMILES string of the molecule is O=COC#CF. The molecule has 32 valence electrons. The summed E-state index contributed by atoms with van der Waals surface area (Å²) in [7, 11) is 0. The number of halogens is 1. The van der Waals surface area contributed by atoms with Crippen LogP contribution in [0.25, 0.3) is 0 Å². The first-order valence-corrected chi connectivity index (χ1v) is 1.11. The molecule has 0 radical (unpaired) electrons. The maximum Gasteiger partial charge on any atom is 0.307 e. The second kappa shape index (κ2) is 3.96. The quantitative estimate of drug-likeness (QED) is 0.334. The van der Waals surface area contributed by atoms with Gasteiger partial charge in [0.15, 0.2) is 6.11 Å². The minimum Gasteiger partial charge on any atom is -0.372 e. The molecule has 0 spiro atoms. The maximum absolute atomic E-state index is 10.5. The van der Waals surface area contributed by atoms with Crippen LogP contribution in [-0.2, 0) is 9.53 Å². The fourth-order valence-electron chi connectivity index (χ4n) is 0.0463. The number of hydrogen-bond donors (Lipinski definition) is 0. The highest BCUT2D eigenvalue weighted by Gasteiger charge is 1.59. The topological polar surface area (TPSA) is 26.3 Å². The van der Waals surface area contributed by atoms with Crippen LogP contribution in [0.2, 0.25) is 0 Å². The molecule has 0 atom stereocenters. The Hall–Kier alpha value is -1.04. The van der Waals surface area contributed by atoms with Gasteiger partial charge in [-0.15, -0.1) is 4.39 Å². The molecule has 0 heterocycles. The monoisotopic (exact) mass is 88.0 g/mol. The molecular formula is C3HFO2. The predicted octanol–water partition coefficient (Wildman–Crippen LogP) is 0.0473. The molecule has 0 fully saturated rings. The van der Waals surface area contributed by atoms with E-state index >= 15 is 0 Å². The molecule has 0 aromatic heterocycles. The van der Waals surface area contributed by atoms with E-state index in [9.17, 15) is 4.39 Å². The van der Waals surface area contributed by atoms with Gasteiger partial charge in [0, 0.05) is 0 Å². The summed E-state index contributed by atoms with van der Waals surface area (Å²) in [4.78, 5) is 9.07. The van der Waals surface area contributed by atoms with Gasteiger partial charge in [-0.25, -0.2) is 0 Å². The van der Waals surface area contributed by atoms with Crippen molar-refractivity contribution in [1.29, 1.82) is 0 Å². The summed E-state index contributed by atoms with van der Waals surface area (Å²) in [5.41, 5.74) is 0. The van der Waals surface area contributed by atoms with Gasteiger partial charge < -0.3 is 4.74 Å². The van der Waals surface area contributed by atoms with Gasteiger partial charge in [0.2, 0.25) is 0 Å². The number of carbonyl (C=O) groups excluding carboxylic acids is 1. The van der Waals surface area contributed by atoms with Crippen LogP contribution in [0.5, 0.6) is 0 Å². The van der Waals surface area contributed by atoms with Crippen LogP contribution in [-0.4, -0.2) is 6.47 Å². The molecule has 0 saturated carbocycles. The third-order valence-corrected chi connectivity index (χ3v) is 0.146. The van der Waals surface area contributed by atoms with E-state index in [1.165, 1.54) is 6.11 Å². The van der Waals surface area contributed by atoms with Gasteiger partial charge in [-0.3, -0.25) is 4.79 Å². The van der Waals surface area contributed by atoms with Crippen molar-refractivity contribution in [3.05, 3.63) is 0 Å². The van der Waals surface area contributed by atoms with Crippen LogP contribution in [0.3, 0.4) is 0 Å². The van der Waals surface area contributed by atoms with Crippen LogP contribution in [0, 0.1) is 12.3 Å². The molecule has 0 saturated heterocycles. The molecule has 6 heavy (non-hydrogen) atoms. The first-order valence-electron chi connectivity index (χ1n) is 1.11. The summed E-state index contributed by atoms with van der Waals surface area (Å²) < 4.78 is 14.1. The average molecular weight is 88.0 g/mol. The molecule has 0 N–H and O–H groups in total. The summed E-state index contributed by atoms with van der Waals surface area (Å²) in [6.07, 6.45) is 2.28. The average Bonchev–Trinajstić information content (AvgIpc) is 1.61. The Morgan fingerprint density at radius 3 is 2.67 bits per heavy atom. The molecular weight excluding hydrogens is 87.0 g/mol. The van der Waals surface area contributed by atoms with E-state index in [-0.39, 0.29) is 6.47 Å². The standard InChI is InChI=1S/C3HFO2/c4-1-2-6-3-5/h3H. The van der Waals surface area contributed by atoms with Crippen molar-refractivity contribution in [3.8, 4) is 12.3 Å². The second-order valence-electron chi connectivity index (χ2n) is 0.411. The van der Waals surface area contributed by atoms with E-state index in [0.29, 0.717) is 0 Å². The zero-order valence-electron chi connectivity index (χ0n) is 2.77. The highest BCUT2D eigenvalue weighted by Crippen LogP contribution is 1.55. The lowest BCUT2D eigenvalue weighted by atomic mass is 11.2. The second-order valence-corrected chi connectivity index (χ2v) is 0.411. The molecule has 0 aromatic carbocycles. The molecule has 0 aromatic rings. The summed E-state index contributed by atoms with van der Waals surface area (Å²) in [5, 5.41) is 0. The van der Waals surface area contributed by atoms with Crippen molar-refractivity contribution >= 4 is 6.47 Å². The van der Waals surface area contributed by atoms with Crippen molar-refractivity contribution in [2.75, 3.05) is 0 Å². The highest BCUT2D eigenvalue weighted by molar-refractivity contribution is 5.39. The maximum atomic E-state index is 10.5. The summed E-state index contributed by atoms with van der Waals surface area (Å²) >= 11 is 0. The summed E-state index contributed by atoms with van der Waals surface area (Å²) in [6, 6.07) is 0. The fraction of sp³-hybridized carbons (Fsp3) is 0. The van der Waals surface area contributed by atoms with Crippen molar-refractivity contribution in [1.82, 2.24) is 0 Å². The van der Waals surface area contributed by atoms with Crippen molar-refractivity contribution in [2.24, 2.45) is 0 Å². The van der Waals surface area contributed by atoms with Crippen LogP contribution >= 0.6 is 0 Å². The number of carbonyl (C=O) groups is 1. The lowest BCUT2D eigenvalue weighted by Gasteiger charge is -1.65. The first-order chi connectivity index (χ1) is 2.91. The van der Waals surface area contributed by atoms with E-state index < -0.39 is 0 Å². The normalized spacial score (nSPS) is 4.83. The number of hydrogen-bond acceptors (Lipinski definition) is 2. The fourth-order valence-corrected chi connectivity index (χ4v) is 0.0463. The number of rotatable bonds is 1. The summed E-state index contributed by atoms with van der Waals surface area (Å²) in [6.45, 7) is 0.0482. The zero-order valence-corrected chi connectivity index (χ0v) is 2.77. The van der Waals surface area contributed by atoms with Crippen molar-refractivity contribution in [3.63, 3.8) is 0 Å². The molecule has 0 rings (SSSR count). The largest absolute Gasteiger partial charge is 0.372 e. The van der Waals surface area contributed by atoms with Gasteiger partial charge in [0.05, 0.1) is 0 Å². The van der Waals surface area contributed by atoms with E-state index in [1.807, 2.05) is 0 Å². The van der Waals surface area contributed by atoms with Crippen molar-refractivity contribution in [2.45, 2.75) is 0 Å². The summed E-state index contributed by atoms with van der Waals surface area (Å²) in [5.74, 6) is 0. The third-order valence-electron chi connectivity index (χ3n) is 0.146. The number of ether oxygens (including phenoxy) is 1. The lowest BCUT2D eigenvalue weighted by molar-refractivity contribution is -0.122. The first kappa shape index (κ1) is 4.96. The molecule has 0 unspecified atom stereocenters. The Kier molecular flexibility index (Phi) is 3.27. The van der Waals surface area contributed by atoms with Gasteiger partial charge in [-0.05, 0) is 0 Å². The van der Waals surface area contributed by atoms with E-state index in [1.54, 1.807) is 0 Å².